The zero-order valence-electron chi connectivity index (χ0n) is 16.0. The average Bonchev–Trinajstić information content (AvgIpc) is 2.62. The van der Waals surface area contributed by atoms with Gasteiger partial charge in [-0.15, -0.1) is 0 Å². The van der Waals surface area contributed by atoms with E-state index in [4.69, 9.17) is 11.5 Å². The van der Waals surface area contributed by atoms with Crippen LogP contribution in [0.2, 0.25) is 0 Å². The van der Waals surface area contributed by atoms with Crippen LogP contribution in [-0.2, 0) is 10.2 Å². The molecule has 4 nitrogen and oxygen atoms in total. The molecule has 1 aliphatic heterocycles. The number of piperidine rings is 1. The van der Waals surface area contributed by atoms with E-state index in [1.54, 1.807) is 0 Å². The molecule has 2 rings (SSSR count). The molecular weight excluding hydrogens is 310 g/mol. The van der Waals surface area contributed by atoms with Gasteiger partial charge in [-0.3, -0.25) is 4.79 Å². The van der Waals surface area contributed by atoms with E-state index < -0.39 is 5.41 Å². The highest BCUT2D eigenvalue weighted by Gasteiger charge is 2.28. The van der Waals surface area contributed by atoms with Crippen molar-refractivity contribution in [2.75, 3.05) is 26.2 Å². The molecule has 0 bridgehead atoms. The van der Waals surface area contributed by atoms with E-state index in [1.807, 2.05) is 19.9 Å². The first-order chi connectivity index (χ1) is 11.9. The number of benzene rings is 1. The van der Waals surface area contributed by atoms with E-state index in [-0.39, 0.29) is 5.91 Å². The quantitative estimate of drug-likeness (QED) is 0.675. The Morgan fingerprint density at radius 3 is 2.48 bits per heavy atom. The number of hydrogen-bond donors (Lipinski definition) is 2. The molecule has 0 aromatic heterocycles. The average molecular weight is 346 g/mol. The lowest BCUT2D eigenvalue weighted by Gasteiger charge is -2.33. The van der Waals surface area contributed by atoms with Crippen LogP contribution in [0.3, 0.4) is 0 Å². The smallest absolute Gasteiger partial charge is 0.227 e. The van der Waals surface area contributed by atoms with Crippen molar-refractivity contribution in [2.24, 2.45) is 11.5 Å². The zero-order valence-corrected chi connectivity index (χ0v) is 16.0. The highest BCUT2D eigenvalue weighted by atomic mass is 16.1. The maximum atomic E-state index is 11.7. The topological polar surface area (TPSA) is 72.4 Å². The highest BCUT2D eigenvalue weighted by molar-refractivity contribution is 5.85. The summed E-state index contributed by atoms with van der Waals surface area (Å²) < 4.78 is 0. The fourth-order valence-electron chi connectivity index (χ4n) is 3.65. The predicted molar refractivity (Wildman–Crippen MR) is 105 cm³/mol. The fraction of sp³-hybridized carbons (Fsp3) is 0.667. The summed E-state index contributed by atoms with van der Waals surface area (Å²) in [7, 11) is 0. The molecule has 4 N–H and O–H groups in total. The minimum Gasteiger partial charge on any atom is -0.369 e. The van der Waals surface area contributed by atoms with Gasteiger partial charge in [0, 0.05) is 0 Å². The lowest BCUT2D eigenvalue weighted by molar-refractivity contribution is -0.122. The molecular formula is C21H35N3O. The third-order valence-corrected chi connectivity index (χ3v) is 5.71. The van der Waals surface area contributed by atoms with Crippen LogP contribution >= 0.6 is 0 Å². The number of carbonyl (C=O) groups excluding carboxylic acids is 1. The van der Waals surface area contributed by atoms with Crippen molar-refractivity contribution >= 4 is 5.91 Å². The molecule has 0 unspecified atom stereocenters. The maximum Gasteiger partial charge on any atom is 0.227 e. The fourth-order valence-corrected chi connectivity index (χ4v) is 3.65. The Balaban J connectivity index is 1.85. The lowest BCUT2D eigenvalue weighted by Crippen LogP contribution is -2.36. The van der Waals surface area contributed by atoms with Crippen LogP contribution in [0, 0.1) is 0 Å². The van der Waals surface area contributed by atoms with Gasteiger partial charge in [0.15, 0.2) is 0 Å². The number of nitrogens with zero attached hydrogens (tertiary/aromatic N) is 1. The van der Waals surface area contributed by atoms with E-state index in [9.17, 15) is 4.79 Å². The summed E-state index contributed by atoms with van der Waals surface area (Å²) in [5.74, 6) is 0.325. The third-order valence-electron chi connectivity index (χ3n) is 5.71. The van der Waals surface area contributed by atoms with Gasteiger partial charge in [0.2, 0.25) is 5.91 Å². The second kappa shape index (κ2) is 9.35. The van der Waals surface area contributed by atoms with Crippen LogP contribution in [0.25, 0.3) is 0 Å². The number of rotatable bonds is 9. The number of carbonyl (C=O) groups is 1. The van der Waals surface area contributed by atoms with Gasteiger partial charge in [0.25, 0.3) is 0 Å². The lowest BCUT2D eigenvalue weighted by atomic mass is 9.80. The summed E-state index contributed by atoms with van der Waals surface area (Å²) >= 11 is 0. The van der Waals surface area contributed by atoms with Crippen molar-refractivity contribution in [3.05, 3.63) is 35.4 Å². The Bertz CT molecular complexity index is 548. The number of primary amides is 1. The number of hydrogen-bond acceptors (Lipinski definition) is 3. The van der Waals surface area contributed by atoms with Crippen molar-refractivity contribution in [1.29, 1.82) is 0 Å². The van der Waals surface area contributed by atoms with Gasteiger partial charge in [-0.05, 0) is 82.8 Å². The molecule has 25 heavy (non-hydrogen) atoms. The van der Waals surface area contributed by atoms with Crippen LogP contribution < -0.4 is 11.5 Å². The molecule has 0 aliphatic carbocycles. The molecule has 140 valence electrons. The monoisotopic (exact) mass is 345 g/mol. The van der Waals surface area contributed by atoms with Crippen LogP contribution in [0.15, 0.2) is 24.3 Å². The largest absolute Gasteiger partial charge is 0.369 e. The first-order valence-electron chi connectivity index (χ1n) is 9.78. The second-order valence-electron chi connectivity index (χ2n) is 7.93. The van der Waals surface area contributed by atoms with Crippen molar-refractivity contribution in [2.45, 2.75) is 63.7 Å². The molecule has 1 heterocycles. The molecule has 1 aromatic carbocycles. The standard InChI is InChI=1S/C21H35N3O/c1-21(2,20(23)25)19-9-7-8-18(16-19)17-10-14-24(15-11-17)13-6-4-3-5-12-22/h7-9,16-17H,3-6,10-15,22H2,1-2H3,(H2,23,25). The summed E-state index contributed by atoms with van der Waals surface area (Å²) in [5, 5.41) is 0. The molecule has 1 aromatic rings. The number of likely N-dealkylation sites (tertiary alicyclic amines) is 1. The zero-order chi connectivity index (χ0) is 18.3. The highest BCUT2D eigenvalue weighted by Crippen LogP contribution is 2.31. The summed E-state index contributed by atoms with van der Waals surface area (Å²) in [4.78, 5) is 14.3. The van der Waals surface area contributed by atoms with Crippen molar-refractivity contribution < 1.29 is 4.79 Å². The SMILES string of the molecule is CC(C)(C(N)=O)c1cccc(C2CCN(CCCCCCN)CC2)c1. The Morgan fingerprint density at radius 2 is 1.84 bits per heavy atom. The van der Waals surface area contributed by atoms with E-state index in [0.29, 0.717) is 5.92 Å². The van der Waals surface area contributed by atoms with Crippen LogP contribution in [0.5, 0.6) is 0 Å². The molecule has 0 radical (unpaired) electrons. The Hall–Kier alpha value is -1.39. The van der Waals surface area contributed by atoms with E-state index in [1.165, 1.54) is 57.3 Å². The normalized spacial score (nSPS) is 16.9. The van der Waals surface area contributed by atoms with E-state index in [2.05, 4.69) is 23.1 Å². The Morgan fingerprint density at radius 1 is 1.16 bits per heavy atom. The van der Waals surface area contributed by atoms with Gasteiger partial charge >= 0.3 is 0 Å². The number of unbranched alkanes of at least 4 members (excludes halogenated alkanes) is 3. The summed E-state index contributed by atoms with van der Waals surface area (Å²) in [6.45, 7) is 8.18. The van der Waals surface area contributed by atoms with Crippen LogP contribution in [-0.4, -0.2) is 37.0 Å². The molecule has 0 spiro atoms. The first kappa shape index (κ1) is 19.9. The Kier molecular flexibility index (Phi) is 7.45. The van der Waals surface area contributed by atoms with Crippen molar-refractivity contribution in [3.63, 3.8) is 0 Å². The van der Waals surface area contributed by atoms with Gasteiger partial charge in [-0.2, -0.15) is 0 Å². The van der Waals surface area contributed by atoms with Gasteiger partial charge < -0.3 is 16.4 Å². The first-order valence-corrected chi connectivity index (χ1v) is 9.78. The van der Waals surface area contributed by atoms with Gasteiger partial charge in [0.1, 0.15) is 0 Å². The summed E-state index contributed by atoms with van der Waals surface area (Å²) in [5.41, 5.74) is 12.9. The number of amides is 1. The molecule has 1 amide bonds. The molecule has 1 saturated heterocycles. The molecule has 0 saturated carbocycles. The van der Waals surface area contributed by atoms with Gasteiger partial charge in [-0.1, -0.05) is 37.1 Å². The minimum absolute atomic E-state index is 0.269. The van der Waals surface area contributed by atoms with Gasteiger partial charge in [0.05, 0.1) is 5.41 Å². The number of nitrogens with two attached hydrogens (primary N) is 2. The minimum atomic E-state index is -0.611. The molecule has 1 aliphatic rings. The van der Waals surface area contributed by atoms with Crippen LogP contribution in [0.4, 0.5) is 0 Å². The predicted octanol–water partition coefficient (Wildman–Crippen LogP) is 3.15. The van der Waals surface area contributed by atoms with Crippen molar-refractivity contribution in [3.8, 4) is 0 Å². The van der Waals surface area contributed by atoms with Gasteiger partial charge in [-0.25, -0.2) is 0 Å². The molecule has 4 heteroatoms. The summed E-state index contributed by atoms with van der Waals surface area (Å²) in [6, 6.07) is 8.48. The Labute approximate surface area is 153 Å². The van der Waals surface area contributed by atoms with Crippen molar-refractivity contribution in [1.82, 2.24) is 4.90 Å². The third kappa shape index (κ3) is 5.55. The molecule has 0 atom stereocenters. The molecule has 1 fully saturated rings. The summed E-state index contributed by atoms with van der Waals surface area (Å²) in [6.07, 6.45) is 7.39. The van der Waals surface area contributed by atoms with E-state index in [0.717, 1.165) is 18.5 Å². The second-order valence-corrected chi connectivity index (χ2v) is 7.93. The van der Waals surface area contributed by atoms with Crippen LogP contribution in [0.1, 0.15) is 69.4 Å². The maximum absolute atomic E-state index is 11.7. The van der Waals surface area contributed by atoms with E-state index >= 15 is 0 Å².